The van der Waals surface area contributed by atoms with Gasteiger partial charge in [0.05, 0.1) is 0 Å². The highest BCUT2D eigenvalue weighted by Gasteiger charge is 2.19. The summed E-state index contributed by atoms with van der Waals surface area (Å²) >= 11 is 0. The third-order valence-electron chi connectivity index (χ3n) is 12.3. The Morgan fingerprint density at radius 3 is 1.04 bits per heavy atom. The molecule has 0 radical (unpaired) electrons. The highest BCUT2D eigenvalue weighted by Crippen LogP contribution is 2.15. The molecule has 0 heterocycles. The number of hydrogen-bond acceptors (Lipinski definition) is 6. The maximum absolute atomic E-state index is 12.8. The zero-order valence-electron chi connectivity index (χ0n) is 45.8. The standard InChI is InChI=1S/C64H108O6/c1-4-7-10-13-16-19-22-25-28-31-32-34-36-39-42-45-48-51-54-57-63(66)69-60-61(59-68-62(65)56-53-50-47-44-41-38-35-30-27-24-21-18-15-12-9-6-3)70-64(67)58-55-52-49-46-43-40-37-33-29-26-23-20-17-14-11-8-5-2/h8,11,16-17,19-20,22,25-26,29-30,35,37,40,46,49,61H,4-7,9-10,12-15,18,21,23-24,27-28,31-34,36,38-39,41-45,47-48,50-60H2,1-3H3/b11-8-,19-16-,20-17-,25-22-,29-26-,35-30-,40-37-,49-46-. The second kappa shape index (κ2) is 57.9. The van der Waals surface area contributed by atoms with Gasteiger partial charge in [-0.1, -0.05) is 240 Å². The Balaban J connectivity index is 4.48. The topological polar surface area (TPSA) is 78.9 Å². The number of allylic oxidation sites excluding steroid dienone is 16. The van der Waals surface area contributed by atoms with Gasteiger partial charge in [-0.15, -0.1) is 0 Å². The van der Waals surface area contributed by atoms with Crippen LogP contribution in [0.1, 0.15) is 271 Å². The van der Waals surface area contributed by atoms with E-state index in [9.17, 15) is 14.4 Å². The van der Waals surface area contributed by atoms with Crippen molar-refractivity contribution in [2.24, 2.45) is 0 Å². The van der Waals surface area contributed by atoms with Gasteiger partial charge in [0.1, 0.15) is 13.2 Å². The minimum Gasteiger partial charge on any atom is -0.462 e. The van der Waals surface area contributed by atoms with Crippen molar-refractivity contribution in [1.29, 1.82) is 0 Å². The van der Waals surface area contributed by atoms with E-state index in [1.54, 1.807) is 0 Å². The van der Waals surface area contributed by atoms with E-state index in [4.69, 9.17) is 14.2 Å². The van der Waals surface area contributed by atoms with E-state index in [0.717, 1.165) is 89.9 Å². The summed E-state index contributed by atoms with van der Waals surface area (Å²) in [4.78, 5) is 38.2. The Labute approximate surface area is 432 Å². The fraction of sp³-hybridized carbons (Fsp3) is 0.703. The van der Waals surface area contributed by atoms with Crippen molar-refractivity contribution in [1.82, 2.24) is 0 Å². The van der Waals surface area contributed by atoms with Crippen LogP contribution in [-0.4, -0.2) is 37.2 Å². The van der Waals surface area contributed by atoms with Crippen molar-refractivity contribution >= 4 is 17.9 Å². The first kappa shape index (κ1) is 66.3. The summed E-state index contributed by atoms with van der Waals surface area (Å²) in [6.45, 7) is 6.45. The average Bonchev–Trinajstić information content (AvgIpc) is 3.36. The minimum absolute atomic E-state index is 0.105. The van der Waals surface area contributed by atoms with Gasteiger partial charge < -0.3 is 14.2 Å². The van der Waals surface area contributed by atoms with Crippen LogP contribution in [0.25, 0.3) is 0 Å². The van der Waals surface area contributed by atoms with Crippen molar-refractivity contribution in [3.63, 3.8) is 0 Å². The van der Waals surface area contributed by atoms with Crippen LogP contribution >= 0.6 is 0 Å². The lowest BCUT2D eigenvalue weighted by Gasteiger charge is -2.18. The molecule has 0 spiro atoms. The molecule has 0 bridgehead atoms. The van der Waals surface area contributed by atoms with Crippen LogP contribution in [-0.2, 0) is 28.6 Å². The molecule has 400 valence electrons. The molecule has 6 nitrogen and oxygen atoms in total. The first-order chi connectivity index (χ1) is 34.5. The van der Waals surface area contributed by atoms with E-state index in [2.05, 4.69) is 118 Å². The number of ether oxygens (including phenoxy) is 3. The fourth-order valence-electron chi connectivity index (χ4n) is 7.93. The van der Waals surface area contributed by atoms with Gasteiger partial charge in [-0.2, -0.15) is 0 Å². The van der Waals surface area contributed by atoms with Gasteiger partial charge in [0.2, 0.25) is 0 Å². The number of hydrogen-bond donors (Lipinski definition) is 0. The summed E-state index contributed by atoms with van der Waals surface area (Å²) in [6, 6.07) is 0. The van der Waals surface area contributed by atoms with E-state index in [1.165, 1.54) is 135 Å². The number of unbranched alkanes of at least 4 members (excludes halogenated alkanes) is 26. The molecule has 0 saturated heterocycles. The Morgan fingerprint density at radius 2 is 0.614 bits per heavy atom. The SMILES string of the molecule is CC/C=C\C/C=C\C/C=C\C/C=C\C/C=C\CCCC(=O)OC(COC(=O)CCCCCCC/C=C\CCCCCCCCC)COC(=O)CCCCCCCCCCCC/C=C\C=C/CCCCC. The van der Waals surface area contributed by atoms with Gasteiger partial charge in [0, 0.05) is 19.3 Å². The molecule has 0 aromatic heterocycles. The summed E-state index contributed by atoms with van der Waals surface area (Å²) < 4.78 is 16.8. The molecule has 0 amide bonds. The molecule has 0 fully saturated rings. The molecule has 0 aliphatic rings. The summed E-state index contributed by atoms with van der Waals surface area (Å²) in [5, 5.41) is 0. The average molecular weight is 974 g/mol. The largest absolute Gasteiger partial charge is 0.462 e. The minimum atomic E-state index is -0.813. The Kier molecular flexibility index (Phi) is 54.9. The highest BCUT2D eigenvalue weighted by atomic mass is 16.6. The van der Waals surface area contributed by atoms with Gasteiger partial charge in [-0.3, -0.25) is 14.4 Å². The second-order valence-corrected chi connectivity index (χ2v) is 19.2. The van der Waals surface area contributed by atoms with Crippen LogP contribution in [0, 0.1) is 0 Å². The first-order valence-electron chi connectivity index (χ1n) is 29.3. The van der Waals surface area contributed by atoms with E-state index in [-0.39, 0.29) is 37.5 Å². The van der Waals surface area contributed by atoms with E-state index in [0.29, 0.717) is 19.3 Å². The molecule has 1 atom stereocenters. The number of carbonyl (C=O) groups excluding carboxylic acids is 3. The predicted octanol–water partition coefficient (Wildman–Crippen LogP) is 19.7. The Hall–Kier alpha value is -3.67. The van der Waals surface area contributed by atoms with E-state index >= 15 is 0 Å². The molecular formula is C64H108O6. The smallest absolute Gasteiger partial charge is 0.306 e. The monoisotopic (exact) mass is 973 g/mol. The van der Waals surface area contributed by atoms with Gasteiger partial charge >= 0.3 is 17.9 Å². The second-order valence-electron chi connectivity index (χ2n) is 19.2. The van der Waals surface area contributed by atoms with Crippen LogP contribution in [0.4, 0.5) is 0 Å². The lowest BCUT2D eigenvalue weighted by atomic mass is 10.1. The van der Waals surface area contributed by atoms with E-state index in [1.807, 2.05) is 0 Å². The van der Waals surface area contributed by atoms with Gasteiger partial charge in [0.15, 0.2) is 6.10 Å². The zero-order chi connectivity index (χ0) is 50.7. The number of rotatable bonds is 52. The Morgan fingerprint density at radius 1 is 0.314 bits per heavy atom. The lowest BCUT2D eigenvalue weighted by molar-refractivity contribution is -0.167. The lowest BCUT2D eigenvalue weighted by Crippen LogP contribution is -2.30. The van der Waals surface area contributed by atoms with Gasteiger partial charge in [0.25, 0.3) is 0 Å². The molecule has 70 heavy (non-hydrogen) atoms. The molecule has 0 aromatic rings. The van der Waals surface area contributed by atoms with Crippen molar-refractivity contribution in [2.45, 2.75) is 277 Å². The predicted molar refractivity (Wildman–Crippen MR) is 302 cm³/mol. The number of esters is 3. The van der Waals surface area contributed by atoms with Crippen LogP contribution in [0.15, 0.2) is 97.2 Å². The third kappa shape index (κ3) is 55.3. The van der Waals surface area contributed by atoms with Crippen LogP contribution in [0.5, 0.6) is 0 Å². The van der Waals surface area contributed by atoms with Crippen molar-refractivity contribution < 1.29 is 28.6 Å². The summed E-state index contributed by atoms with van der Waals surface area (Å²) in [6.07, 6.45) is 76.9. The molecule has 0 saturated carbocycles. The first-order valence-corrected chi connectivity index (χ1v) is 29.3. The molecule has 0 rings (SSSR count). The maximum atomic E-state index is 12.8. The molecule has 1 unspecified atom stereocenters. The van der Waals surface area contributed by atoms with Crippen LogP contribution in [0.2, 0.25) is 0 Å². The molecule has 0 N–H and O–H groups in total. The molecule has 0 aliphatic carbocycles. The molecule has 0 aliphatic heterocycles. The summed E-state index contributed by atoms with van der Waals surface area (Å²) in [5.41, 5.74) is 0. The summed E-state index contributed by atoms with van der Waals surface area (Å²) in [5.74, 6) is -0.971. The van der Waals surface area contributed by atoms with Crippen molar-refractivity contribution in [2.75, 3.05) is 13.2 Å². The third-order valence-corrected chi connectivity index (χ3v) is 12.3. The van der Waals surface area contributed by atoms with Gasteiger partial charge in [-0.05, 0) is 109 Å². The normalized spacial score (nSPS) is 12.8. The van der Waals surface area contributed by atoms with Crippen LogP contribution in [0.3, 0.4) is 0 Å². The number of carbonyl (C=O) groups is 3. The highest BCUT2D eigenvalue weighted by molar-refractivity contribution is 5.71. The fourth-order valence-corrected chi connectivity index (χ4v) is 7.93. The molecule has 0 aromatic carbocycles. The van der Waals surface area contributed by atoms with E-state index < -0.39 is 6.10 Å². The van der Waals surface area contributed by atoms with Gasteiger partial charge in [-0.25, -0.2) is 0 Å². The summed E-state index contributed by atoms with van der Waals surface area (Å²) in [7, 11) is 0. The quantitative estimate of drug-likeness (QED) is 0.0199. The molecule has 6 heteroatoms. The van der Waals surface area contributed by atoms with Crippen molar-refractivity contribution in [3.05, 3.63) is 97.2 Å². The zero-order valence-corrected chi connectivity index (χ0v) is 45.8. The Bertz CT molecular complexity index is 1400. The van der Waals surface area contributed by atoms with Crippen LogP contribution < -0.4 is 0 Å². The maximum Gasteiger partial charge on any atom is 0.306 e. The van der Waals surface area contributed by atoms with Crippen molar-refractivity contribution in [3.8, 4) is 0 Å². The molecular weight excluding hydrogens is 865 g/mol.